The molecule has 1 N–H and O–H groups in total. The number of morpholine rings is 1. The van der Waals surface area contributed by atoms with Crippen molar-refractivity contribution < 1.29 is 18.7 Å². The van der Waals surface area contributed by atoms with Crippen molar-refractivity contribution in [1.82, 2.24) is 4.90 Å². The fraction of sp³-hybridized carbons (Fsp3) is 0.375. The molecule has 3 aromatic rings. The van der Waals surface area contributed by atoms with Crippen LogP contribution in [0.2, 0.25) is 0 Å². The van der Waals surface area contributed by atoms with Crippen LogP contribution in [-0.4, -0.2) is 43.2 Å². The Morgan fingerprint density at radius 2 is 1.90 bits per heavy atom. The molecular formula is C24H28N2O4. The van der Waals surface area contributed by atoms with Gasteiger partial charge in [-0.2, -0.15) is 0 Å². The van der Waals surface area contributed by atoms with Crippen LogP contribution in [0.1, 0.15) is 35.5 Å². The van der Waals surface area contributed by atoms with Crippen LogP contribution in [0.4, 0.5) is 5.69 Å². The summed E-state index contributed by atoms with van der Waals surface area (Å²) in [6.07, 6.45) is 0.399. The molecule has 30 heavy (non-hydrogen) atoms. The number of aryl methyl sites for hydroxylation is 1. The maximum Gasteiger partial charge on any atom is 0.259 e. The van der Waals surface area contributed by atoms with Gasteiger partial charge in [-0.05, 0) is 50.6 Å². The number of nitrogens with zero attached hydrogens (tertiary/aromatic N) is 1. The number of hydrogen-bond donors (Lipinski definition) is 1. The number of furan rings is 1. The fourth-order valence-electron chi connectivity index (χ4n) is 4.23. The van der Waals surface area contributed by atoms with Crippen molar-refractivity contribution in [1.29, 1.82) is 0 Å². The second-order valence-electron chi connectivity index (χ2n) is 7.96. The molecular weight excluding hydrogens is 380 g/mol. The average Bonchev–Trinajstić information content (AvgIpc) is 3.03. The van der Waals surface area contributed by atoms with E-state index in [2.05, 4.69) is 30.1 Å². The van der Waals surface area contributed by atoms with Gasteiger partial charge >= 0.3 is 0 Å². The molecule has 2 atom stereocenters. The van der Waals surface area contributed by atoms with E-state index < -0.39 is 0 Å². The van der Waals surface area contributed by atoms with E-state index in [0.29, 0.717) is 22.7 Å². The quantitative estimate of drug-likeness (QED) is 0.668. The molecule has 0 saturated carbocycles. The first-order chi connectivity index (χ1) is 14.4. The number of benzene rings is 2. The first-order valence-corrected chi connectivity index (χ1v) is 10.3. The molecule has 0 spiro atoms. The van der Waals surface area contributed by atoms with Crippen molar-refractivity contribution in [3.8, 4) is 5.75 Å². The second-order valence-corrected chi connectivity index (χ2v) is 7.96. The highest BCUT2D eigenvalue weighted by atomic mass is 16.5. The van der Waals surface area contributed by atoms with E-state index in [-0.39, 0.29) is 18.1 Å². The SMILES string of the molecule is COc1ccc2oc(C)c(C(=O)Nc3ccccc3CN3CC(C)OC(C)C3)c2c1. The molecule has 2 heterocycles. The Morgan fingerprint density at radius 3 is 2.63 bits per heavy atom. The summed E-state index contributed by atoms with van der Waals surface area (Å²) in [7, 11) is 1.61. The number of methoxy groups -OCH3 is 1. The van der Waals surface area contributed by atoms with Crippen molar-refractivity contribution in [2.45, 2.75) is 39.5 Å². The molecule has 1 aliphatic rings. The van der Waals surface area contributed by atoms with Crippen LogP contribution < -0.4 is 10.1 Å². The lowest BCUT2D eigenvalue weighted by molar-refractivity contribution is -0.0704. The van der Waals surface area contributed by atoms with Crippen molar-refractivity contribution in [3.05, 3.63) is 59.4 Å². The van der Waals surface area contributed by atoms with Gasteiger partial charge in [-0.15, -0.1) is 0 Å². The van der Waals surface area contributed by atoms with Gasteiger partial charge in [0.05, 0.1) is 24.9 Å². The predicted octanol–water partition coefficient (Wildman–Crippen LogP) is 4.61. The van der Waals surface area contributed by atoms with Crippen LogP contribution in [-0.2, 0) is 11.3 Å². The number of para-hydroxylation sites is 1. The number of rotatable bonds is 5. The summed E-state index contributed by atoms with van der Waals surface area (Å²) >= 11 is 0. The maximum atomic E-state index is 13.2. The van der Waals surface area contributed by atoms with Gasteiger partial charge in [0.15, 0.2) is 0 Å². The highest BCUT2D eigenvalue weighted by Crippen LogP contribution is 2.30. The Hall–Kier alpha value is -2.83. The number of fused-ring (bicyclic) bond motifs is 1. The molecule has 1 aromatic heterocycles. The number of amides is 1. The minimum Gasteiger partial charge on any atom is -0.497 e. The number of carbonyl (C=O) groups excluding carboxylic acids is 1. The lowest BCUT2D eigenvalue weighted by atomic mass is 10.1. The number of carbonyl (C=O) groups is 1. The third-order valence-electron chi connectivity index (χ3n) is 5.45. The van der Waals surface area contributed by atoms with Gasteiger partial charge in [0, 0.05) is 30.7 Å². The summed E-state index contributed by atoms with van der Waals surface area (Å²) in [5.41, 5.74) is 3.09. The second kappa shape index (κ2) is 8.50. The lowest BCUT2D eigenvalue weighted by Gasteiger charge is -2.35. The van der Waals surface area contributed by atoms with Gasteiger partial charge in [0.25, 0.3) is 5.91 Å². The Labute approximate surface area is 176 Å². The number of hydrogen-bond acceptors (Lipinski definition) is 5. The van der Waals surface area contributed by atoms with E-state index in [1.54, 1.807) is 7.11 Å². The Bertz CT molecular complexity index is 1050. The molecule has 4 rings (SSSR count). The molecule has 2 unspecified atom stereocenters. The van der Waals surface area contributed by atoms with E-state index >= 15 is 0 Å². The number of nitrogens with one attached hydrogen (secondary N) is 1. The third-order valence-corrected chi connectivity index (χ3v) is 5.45. The fourth-order valence-corrected chi connectivity index (χ4v) is 4.23. The Balaban J connectivity index is 1.59. The topological polar surface area (TPSA) is 63.9 Å². The first-order valence-electron chi connectivity index (χ1n) is 10.3. The van der Waals surface area contributed by atoms with Gasteiger partial charge in [-0.1, -0.05) is 18.2 Å². The molecule has 6 heteroatoms. The molecule has 158 valence electrons. The van der Waals surface area contributed by atoms with Gasteiger partial charge in [0.1, 0.15) is 17.1 Å². The molecule has 1 aliphatic heterocycles. The molecule has 1 fully saturated rings. The zero-order valence-electron chi connectivity index (χ0n) is 17.9. The maximum absolute atomic E-state index is 13.2. The number of ether oxygens (including phenoxy) is 2. The predicted molar refractivity (Wildman–Crippen MR) is 117 cm³/mol. The van der Waals surface area contributed by atoms with Gasteiger partial charge in [0.2, 0.25) is 0 Å². The minimum absolute atomic E-state index is 0.185. The van der Waals surface area contributed by atoms with Crippen LogP contribution in [0.15, 0.2) is 46.9 Å². The molecule has 0 bridgehead atoms. The zero-order chi connectivity index (χ0) is 21.3. The number of anilines is 1. The first kappa shape index (κ1) is 20.4. The van der Waals surface area contributed by atoms with Crippen molar-refractivity contribution in [2.75, 3.05) is 25.5 Å². The monoisotopic (exact) mass is 408 g/mol. The van der Waals surface area contributed by atoms with Crippen LogP contribution in [0, 0.1) is 6.92 Å². The zero-order valence-corrected chi connectivity index (χ0v) is 17.9. The molecule has 2 aromatic carbocycles. The summed E-state index contributed by atoms with van der Waals surface area (Å²) < 4.78 is 16.9. The minimum atomic E-state index is -0.185. The van der Waals surface area contributed by atoms with E-state index in [1.165, 1.54) is 0 Å². The molecule has 6 nitrogen and oxygen atoms in total. The smallest absolute Gasteiger partial charge is 0.259 e. The molecule has 1 amide bonds. The molecule has 0 aliphatic carbocycles. The molecule has 1 saturated heterocycles. The summed E-state index contributed by atoms with van der Waals surface area (Å²) in [5, 5.41) is 3.85. The normalized spacial score (nSPS) is 19.7. The molecule has 0 radical (unpaired) electrons. The standard InChI is InChI=1S/C24H28N2O4/c1-15-12-26(13-16(2)29-15)14-18-7-5-6-8-21(18)25-24(27)23-17(3)30-22-10-9-19(28-4)11-20(22)23/h5-11,15-16H,12-14H2,1-4H3,(H,25,27). The van der Waals surface area contributed by atoms with E-state index in [0.717, 1.165) is 36.3 Å². The summed E-state index contributed by atoms with van der Waals surface area (Å²) in [4.78, 5) is 15.6. The van der Waals surface area contributed by atoms with E-state index in [4.69, 9.17) is 13.9 Å². The highest BCUT2D eigenvalue weighted by Gasteiger charge is 2.24. The van der Waals surface area contributed by atoms with Crippen LogP contribution in [0.5, 0.6) is 5.75 Å². The third kappa shape index (κ3) is 4.20. The van der Waals surface area contributed by atoms with Crippen molar-refractivity contribution >= 4 is 22.6 Å². The van der Waals surface area contributed by atoms with Gasteiger partial charge < -0.3 is 19.2 Å². The average molecular weight is 408 g/mol. The van der Waals surface area contributed by atoms with E-state index in [1.807, 2.05) is 43.3 Å². The van der Waals surface area contributed by atoms with Crippen molar-refractivity contribution in [2.24, 2.45) is 0 Å². The van der Waals surface area contributed by atoms with Crippen LogP contribution >= 0.6 is 0 Å². The van der Waals surface area contributed by atoms with Crippen LogP contribution in [0.25, 0.3) is 11.0 Å². The van der Waals surface area contributed by atoms with Gasteiger partial charge in [-0.3, -0.25) is 9.69 Å². The highest BCUT2D eigenvalue weighted by molar-refractivity contribution is 6.13. The van der Waals surface area contributed by atoms with Crippen molar-refractivity contribution in [3.63, 3.8) is 0 Å². The largest absolute Gasteiger partial charge is 0.497 e. The summed E-state index contributed by atoms with van der Waals surface area (Å²) in [5.74, 6) is 1.09. The van der Waals surface area contributed by atoms with Crippen LogP contribution in [0.3, 0.4) is 0 Å². The summed E-state index contributed by atoms with van der Waals surface area (Å²) in [6.45, 7) is 8.50. The summed E-state index contributed by atoms with van der Waals surface area (Å²) in [6, 6.07) is 13.4. The Morgan fingerprint density at radius 1 is 1.17 bits per heavy atom. The van der Waals surface area contributed by atoms with E-state index in [9.17, 15) is 4.79 Å². The lowest BCUT2D eigenvalue weighted by Crippen LogP contribution is -2.44. The Kier molecular flexibility index (Phi) is 5.79. The van der Waals surface area contributed by atoms with Gasteiger partial charge in [-0.25, -0.2) is 0 Å².